The fraction of sp³-hybridized carbons (Fsp3) is 0.333. The van der Waals surface area contributed by atoms with Crippen LogP contribution in [0.25, 0.3) is 0 Å². The van der Waals surface area contributed by atoms with Crippen LogP contribution in [0, 0.1) is 11.7 Å². The Labute approximate surface area is 211 Å². The maximum Gasteiger partial charge on any atom is 0.255 e. The zero-order valence-electron chi connectivity index (χ0n) is 20.7. The predicted octanol–water partition coefficient (Wildman–Crippen LogP) is 5.57. The van der Waals surface area contributed by atoms with E-state index < -0.39 is 12.0 Å². The molecule has 5 rings (SSSR count). The molecule has 2 heterocycles. The van der Waals surface area contributed by atoms with Crippen LogP contribution in [-0.4, -0.2) is 41.8 Å². The molecule has 2 aliphatic heterocycles. The first-order valence-electron chi connectivity index (χ1n) is 12.5. The highest BCUT2D eigenvalue weighted by molar-refractivity contribution is 6.01. The van der Waals surface area contributed by atoms with Crippen molar-refractivity contribution in [3.8, 4) is 5.75 Å². The van der Waals surface area contributed by atoms with E-state index in [1.54, 1.807) is 30.2 Å². The zero-order chi connectivity index (χ0) is 25.2. The van der Waals surface area contributed by atoms with Gasteiger partial charge in [-0.25, -0.2) is 4.39 Å². The Morgan fingerprint density at radius 2 is 1.75 bits per heavy atom. The Bertz CT molecular complexity index is 1240. The van der Waals surface area contributed by atoms with Gasteiger partial charge in [0.2, 0.25) is 5.91 Å². The summed E-state index contributed by atoms with van der Waals surface area (Å²) in [6, 6.07) is 20.7. The Kier molecular flexibility index (Phi) is 6.77. The summed E-state index contributed by atoms with van der Waals surface area (Å²) < 4.78 is 19.0. The second-order valence-corrected chi connectivity index (χ2v) is 9.87. The molecule has 1 saturated heterocycles. The number of piperidine rings is 1. The quantitative estimate of drug-likeness (QED) is 0.474. The van der Waals surface area contributed by atoms with Crippen molar-refractivity contribution in [1.29, 1.82) is 0 Å². The Balaban J connectivity index is 1.64. The maximum absolute atomic E-state index is 14.2. The molecule has 2 amide bonds. The molecule has 36 heavy (non-hydrogen) atoms. The minimum atomic E-state index is -0.543. The minimum Gasteiger partial charge on any atom is -0.497 e. The van der Waals surface area contributed by atoms with Crippen LogP contribution in [0.15, 0.2) is 72.8 Å². The molecule has 0 bridgehead atoms. The number of likely N-dealkylation sites (tertiary alicyclic amines) is 1. The van der Waals surface area contributed by atoms with E-state index in [2.05, 4.69) is 6.92 Å². The van der Waals surface area contributed by atoms with Gasteiger partial charge in [-0.05, 0) is 65.8 Å². The average Bonchev–Trinajstić information content (AvgIpc) is 2.91. The SMILES string of the molecule is COc1ccc([C@@H]2[C@H](C(=O)N3CCC[C@@H](C)C3)c3ccccc3C(=O)N2Cc2ccc(F)cc2)cc1. The van der Waals surface area contributed by atoms with E-state index in [4.69, 9.17) is 4.74 Å². The predicted molar refractivity (Wildman–Crippen MR) is 136 cm³/mol. The number of benzene rings is 3. The largest absolute Gasteiger partial charge is 0.497 e. The highest BCUT2D eigenvalue weighted by Crippen LogP contribution is 2.45. The first-order chi connectivity index (χ1) is 17.5. The van der Waals surface area contributed by atoms with Gasteiger partial charge in [0.1, 0.15) is 11.6 Å². The van der Waals surface area contributed by atoms with Crippen LogP contribution in [0.4, 0.5) is 4.39 Å². The molecular weight excluding hydrogens is 455 g/mol. The van der Waals surface area contributed by atoms with Gasteiger partial charge in [-0.2, -0.15) is 0 Å². The molecule has 5 nitrogen and oxygen atoms in total. The number of carbonyl (C=O) groups is 2. The van der Waals surface area contributed by atoms with E-state index in [-0.39, 0.29) is 24.2 Å². The van der Waals surface area contributed by atoms with E-state index in [1.165, 1.54) is 12.1 Å². The third-order valence-electron chi connectivity index (χ3n) is 7.40. The van der Waals surface area contributed by atoms with Gasteiger partial charge in [0, 0.05) is 25.2 Å². The second-order valence-electron chi connectivity index (χ2n) is 9.87. The fourth-order valence-electron chi connectivity index (χ4n) is 5.58. The third-order valence-corrected chi connectivity index (χ3v) is 7.40. The van der Waals surface area contributed by atoms with E-state index in [9.17, 15) is 14.0 Å². The van der Waals surface area contributed by atoms with Gasteiger partial charge in [-0.1, -0.05) is 49.4 Å². The molecule has 0 N–H and O–H groups in total. The van der Waals surface area contributed by atoms with Gasteiger partial charge in [0.25, 0.3) is 5.91 Å². The molecule has 3 atom stereocenters. The first kappa shape index (κ1) is 24.0. The number of hydrogen-bond acceptors (Lipinski definition) is 3. The van der Waals surface area contributed by atoms with Crippen LogP contribution in [0.3, 0.4) is 0 Å². The molecule has 0 radical (unpaired) electrons. The lowest BCUT2D eigenvalue weighted by atomic mass is 9.78. The van der Waals surface area contributed by atoms with Gasteiger partial charge in [-0.3, -0.25) is 9.59 Å². The highest BCUT2D eigenvalue weighted by atomic mass is 19.1. The van der Waals surface area contributed by atoms with Crippen molar-refractivity contribution in [2.24, 2.45) is 5.92 Å². The summed E-state index contributed by atoms with van der Waals surface area (Å²) in [5, 5.41) is 0. The fourth-order valence-corrected chi connectivity index (χ4v) is 5.58. The van der Waals surface area contributed by atoms with Crippen molar-refractivity contribution in [3.63, 3.8) is 0 Å². The van der Waals surface area contributed by atoms with Crippen LogP contribution in [0.5, 0.6) is 5.75 Å². The molecule has 3 aromatic carbocycles. The van der Waals surface area contributed by atoms with Gasteiger partial charge in [-0.15, -0.1) is 0 Å². The standard InChI is InChI=1S/C30H31FN2O3/c1-20-6-5-17-32(18-20)30(35)27-25-7-3-4-8-26(25)29(34)33(19-21-9-13-23(31)14-10-21)28(27)22-11-15-24(36-2)16-12-22/h3-4,7-16,20,27-28H,5-6,17-19H2,1-2H3/t20-,27-,28-/m1/s1. The van der Waals surface area contributed by atoms with Crippen molar-refractivity contribution in [1.82, 2.24) is 9.80 Å². The molecule has 0 unspecified atom stereocenters. The number of nitrogens with zero attached hydrogens (tertiary/aromatic N) is 2. The lowest BCUT2D eigenvalue weighted by Gasteiger charge is -2.44. The third kappa shape index (κ3) is 4.60. The van der Waals surface area contributed by atoms with E-state index in [1.807, 2.05) is 47.4 Å². The Hall–Kier alpha value is -3.67. The summed E-state index contributed by atoms with van der Waals surface area (Å²) in [5.74, 6) is 0.196. The monoisotopic (exact) mass is 486 g/mol. The molecule has 0 aromatic heterocycles. The summed E-state index contributed by atoms with van der Waals surface area (Å²) in [7, 11) is 1.61. The lowest BCUT2D eigenvalue weighted by Crippen LogP contribution is -2.49. The number of methoxy groups -OCH3 is 1. The van der Waals surface area contributed by atoms with E-state index in [0.29, 0.717) is 17.2 Å². The number of amides is 2. The van der Waals surface area contributed by atoms with Crippen LogP contribution >= 0.6 is 0 Å². The highest BCUT2D eigenvalue weighted by Gasteiger charge is 2.45. The van der Waals surface area contributed by atoms with Crippen molar-refractivity contribution in [2.75, 3.05) is 20.2 Å². The summed E-state index contributed by atoms with van der Waals surface area (Å²) >= 11 is 0. The normalized spacial score (nSPS) is 21.8. The van der Waals surface area contributed by atoms with Gasteiger partial charge in [0.05, 0.1) is 19.1 Å². The summed E-state index contributed by atoms with van der Waals surface area (Å²) in [6.45, 7) is 3.89. The number of rotatable bonds is 5. The Morgan fingerprint density at radius 3 is 2.44 bits per heavy atom. The van der Waals surface area contributed by atoms with Crippen molar-refractivity contribution in [3.05, 3.63) is 101 Å². The molecule has 1 fully saturated rings. The summed E-state index contributed by atoms with van der Waals surface area (Å²) in [4.78, 5) is 31.9. The van der Waals surface area contributed by atoms with Crippen molar-refractivity contribution < 1.29 is 18.7 Å². The minimum absolute atomic E-state index is 0.0476. The summed E-state index contributed by atoms with van der Waals surface area (Å²) in [6.07, 6.45) is 2.09. The molecule has 6 heteroatoms. The smallest absolute Gasteiger partial charge is 0.255 e. The molecule has 186 valence electrons. The topological polar surface area (TPSA) is 49.9 Å². The number of halogens is 1. The second kappa shape index (κ2) is 10.1. The number of hydrogen-bond donors (Lipinski definition) is 0. The lowest BCUT2D eigenvalue weighted by molar-refractivity contribution is -0.136. The average molecular weight is 487 g/mol. The first-order valence-corrected chi connectivity index (χ1v) is 12.5. The number of carbonyl (C=O) groups excluding carboxylic acids is 2. The molecule has 0 spiro atoms. The maximum atomic E-state index is 14.2. The van der Waals surface area contributed by atoms with E-state index >= 15 is 0 Å². The number of fused-ring (bicyclic) bond motifs is 1. The number of ether oxygens (including phenoxy) is 1. The van der Waals surface area contributed by atoms with Crippen LogP contribution in [0.2, 0.25) is 0 Å². The van der Waals surface area contributed by atoms with Gasteiger partial charge >= 0.3 is 0 Å². The molecule has 3 aromatic rings. The van der Waals surface area contributed by atoms with Crippen LogP contribution in [-0.2, 0) is 11.3 Å². The van der Waals surface area contributed by atoms with E-state index in [0.717, 1.165) is 42.6 Å². The molecule has 0 saturated carbocycles. The van der Waals surface area contributed by atoms with Gasteiger partial charge in [0.15, 0.2) is 0 Å². The molecular formula is C30H31FN2O3. The van der Waals surface area contributed by atoms with Crippen LogP contribution in [0.1, 0.15) is 58.8 Å². The van der Waals surface area contributed by atoms with Crippen molar-refractivity contribution >= 4 is 11.8 Å². The zero-order valence-corrected chi connectivity index (χ0v) is 20.7. The molecule has 0 aliphatic carbocycles. The van der Waals surface area contributed by atoms with Crippen LogP contribution < -0.4 is 4.74 Å². The van der Waals surface area contributed by atoms with Crippen molar-refractivity contribution in [2.45, 2.75) is 38.3 Å². The Morgan fingerprint density at radius 1 is 1.03 bits per heavy atom. The van der Waals surface area contributed by atoms with Gasteiger partial charge < -0.3 is 14.5 Å². The molecule has 2 aliphatic rings. The summed E-state index contributed by atoms with van der Waals surface area (Å²) in [5.41, 5.74) is 2.99.